The molecule has 2 aromatic carbocycles. The molecular formula is C24H25N3O3S. The van der Waals surface area contributed by atoms with Gasteiger partial charge in [-0.15, -0.1) is 0 Å². The standard InChI is InChI=1S/C24H25N3O3S/c1-16(2)30-20-8-5-18(6-9-20)27-23(31)26(19-7-10-21(25-4)17(3)15-19)22(28)24(27)11-13-29-14-12-24/h5-10,15-16H,11-14H2,1-3H3. The van der Waals surface area contributed by atoms with Crippen molar-refractivity contribution in [3.8, 4) is 5.75 Å². The first kappa shape index (κ1) is 21.3. The van der Waals surface area contributed by atoms with Crippen molar-refractivity contribution < 1.29 is 14.3 Å². The number of anilines is 2. The van der Waals surface area contributed by atoms with Crippen molar-refractivity contribution in [1.82, 2.24) is 0 Å². The number of amides is 1. The zero-order valence-corrected chi connectivity index (χ0v) is 18.7. The fourth-order valence-electron chi connectivity index (χ4n) is 4.26. The lowest BCUT2D eigenvalue weighted by Crippen LogP contribution is -2.53. The normalized spacial score (nSPS) is 18.0. The first-order valence-electron chi connectivity index (χ1n) is 10.4. The zero-order chi connectivity index (χ0) is 22.2. The molecule has 4 rings (SSSR count). The lowest BCUT2D eigenvalue weighted by Gasteiger charge is -2.38. The van der Waals surface area contributed by atoms with Crippen LogP contribution in [-0.2, 0) is 9.53 Å². The molecule has 2 heterocycles. The molecule has 0 aromatic heterocycles. The minimum absolute atomic E-state index is 0.0433. The van der Waals surface area contributed by atoms with Gasteiger partial charge < -0.3 is 14.4 Å². The van der Waals surface area contributed by atoms with Gasteiger partial charge in [-0.2, -0.15) is 0 Å². The number of ether oxygens (including phenoxy) is 2. The highest BCUT2D eigenvalue weighted by Crippen LogP contribution is 2.43. The Morgan fingerprint density at radius 1 is 1.13 bits per heavy atom. The molecule has 160 valence electrons. The summed E-state index contributed by atoms with van der Waals surface area (Å²) in [6.07, 6.45) is 1.21. The van der Waals surface area contributed by atoms with E-state index in [9.17, 15) is 4.79 Å². The van der Waals surface area contributed by atoms with Crippen LogP contribution in [0.15, 0.2) is 42.5 Å². The Hall–Kier alpha value is -2.95. The number of thiocarbonyl (C=S) groups is 1. The summed E-state index contributed by atoms with van der Waals surface area (Å²) >= 11 is 5.86. The van der Waals surface area contributed by atoms with Crippen molar-refractivity contribution in [1.29, 1.82) is 0 Å². The Kier molecular flexibility index (Phi) is 5.69. The van der Waals surface area contributed by atoms with Crippen LogP contribution in [0.25, 0.3) is 4.85 Å². The molecule has 0 aliphatic carbocycles. The summed E-state index contributed by atoms with van der Waals surface area (Å²) in [5, 5.41) is 0.444. The molecule has 2 aliphatic rings. The number of hydrogen-bond acceptors (Lipinski definition) is 4. The minimum Gasteiger partial charge on any atom is -0.491 e. The van der Waals surface area contributed by atoms with E-state index in [0.717, 1.165) is 17.0 Å². The van der Waals surface area contributed by atoms with Gasteiger partial charge in [-0.05, 0) is 75.0 Å². The van der Waals surface area contributed by atoms with Crippen molar-refractivity contribution in [3.05, 3.63) is 59.4 Å². The SMILES string of the molecule is [C-]#[N+]c1ccc(N2C(=O)C3(CCOCC3)N(c3ccc(OC(C)C)cc3)C2=S)cc1C. The van der Waals surface area contributed by atoms with Gasteiger partial charge in [0.25, 0.3) is 5.91 Å². The number of aryl methyl sites for hydroxylation is 1. The third kappa shape index (κ3) is 3.67. The third-order valence-electron chi connectivity index (χ3n) is 5.76. The summed E-state index contributed by atoms with van der Waals surface area (Å²) in [5.41, 5.74) is 2.15. The second-order valence-electron chi connectivity index (χ2n) is 8.15. The van der Waals surface area contributed by atoms with Gasteiger partial charge in [-0.1, -0.05) is 6.07 Å². The Bertz CT molecular complexity index is 1050. The van der Waals surface area contributed by atoms with Gasteiger partial charge >= 0.3 is 0 Å². The van der Waals surface area contributed by atoms with Gasteiger partial charge in [0.1, 0.15) is 11.3 Å². The summed E-state index contributed by atoms with van der Waals surface area (Å²) in [5.74, 6) is 0.733. The molecule has 0 bridgehead atoms. The number of rotatable bonds is 4. The van der Waals surface area contributed by atoms with E-state index in [4.69, 9.17) is 28.3 Å². The van der Waals surface area contributed by atoms with Crippen LogP contribution in [0.3, 0.4) is 0 Å². The molecule has 2 aromatic rings. The summed E-state index contributed by atoms with van der Waals surface area (Å²) in [7, 11) is 0. The number of benzene rings is 2. The number of hydrogen-bond donors (Lipinski definition) is 0. The summed E-state index contributed by atoms with van der Waals surface area (Å²) in [4.78, 5) is 20.9. The zero-order valence-electron chi connectivity index (χ0n) is 17.9. The average molecular weight is 436 g/mol. The molecule has 7 heteroatoms. The number of carbonyl (C=O) groups is 1. The summed E-state index contributed by atoms with van der Waals surface area (Å²) < 4.78 is 11.4. The van der Waals surface area contributed by atoms with Gasteiger partial charge in [0.2, 0.25) is 0 Å². The van der Waals surface area contributed by atoms with Crippen LogP contribution >= 0.6 is 12.2 Å². The Balaban J connectivity index is 1.76. The number of nitrogens with zero attached hydrogens (tertiary/aromatic N) is 3. The smallest absolute Gasteiger partial charge is 0.259 e. The van der Waals surface area contributed by atoms with Crippen LogP contribution in [0.4, 0.5) is 17.1 Å². The topological polar surface area (TPSA) is 46.4 Å². The first-order chi connectivity index (χ1) is 14.9. The van der Waals surface area contributed by atoms with Gasteiger partial charge in [-0.25, -0.2) is 4.85 Å². The molecule has 31 heavy (non-hydrogen) atoms. The van der Waals surface area contributed by atoms with E-state index in [1.807, 2.05) is 56.0 Å². The monoisotopic (exact) mass is 435 g/mol. The predicted molar refractivity (Wildman–Crippen MR) is 125 cm³/mol. The predicted octanol–water partition coefficient (Wildman–Crippen LogP) is 5.02. The van der Waals surface area contributed by atoms with Crippen molar-refractivity contribution >= 4 is 40.3 Å². The fraction of sp³-hybridized carbons (Fsp3) is 0.375. The van der Waals surface area contributed by atoms with Crippen molar-refractivity contribution in [2.45, 2.75) is 45.3 Å². The highest BCUT2D eigenvalue weighted by Gasteiger charge is 2.56. The second-order valence-corrected chi connectivity index (χ2v) is 8.51. The van der Waals surface area contributed by atoms with E-state index < -0.39 is 5.54 Å². The van der Waals surface area contributed by atoms with Crippen LogP contribution in [0.1, 0.15) is 32.3 Å². The fourth-order valence-corrected chi connectivity index (χ4v) is 4.72. The number of carbonyl (C=O) groups excluding carboxylic acids is 1. The van der Waals surface area contributed by atoms with E-state index in [1.165, 1.54) is 0 Å². The van der Waals surface area contributed by atoms with E-state index in [1.54, 1.807) is 17.0 Å². The minimum atomic E-state index is -0.776. The average Bonchev–Trinajstić information content (AvgIpc) is 2.95. The van der Waals surface area contributed by atoms with Crippen LogP contribution in [0, 0.1) is 13.5 Å². The first-order valence-corrected chi connectivity index (χ1v) is 10.8. The molecule has 2 fully saturated rings. The third-order valence-corrected chi connectivity index (χ3v) is 6.12. The molecule has 0 atom stereocenters. The van der Waals surface area contributed by atoms with E-state index in [-0.39, 0.29) is 12.0 Å². The Morgan fingerprint density at radius 3 is 2.35 bits per heavy atom. The van der Waals surface area contributed by atoms with E-state index >= 15 is 0 Å². The van der Waals surface area contributed by atoms with Crippen LogP contribution in [-0.4, -0.2) is 35.9 Å². The molecule has 6 nitrogen and oxygen atoms in total. The van der Waals surface area contributed by atoms with Crippen LogP contribution in [0.2, 0.25) is 0 Å². The largest absolute Gasteiger partial charge is 0.491 e. The maximum absolute atomic E-state index is 13.8. The maximum atomic E-state index is 13.8. The molecule has 1 spiro atoms. The molecule has 0 N–H and O–H groups in total. The van der Waals surface area contributed by atoms with Gasteiger partial charge in [0.05, 0.1) is 12.7 Å². The maximum Gasteiger partial charge on any atom is 0.259 e. The van der Waals surface area contributed by atoms with E-state index in [0.29, 0.717) is 42.5 Å². The molecule has 1 amide bonds. The molecular weight excluding hydrogens is 410 g/mol. The Labute approximate surface area is 188 Å². The molecule has 0 radical (unpaired) electrons. The summed E-state index contributed by atoms with van der Waals surface area (Å²) in [6, 6.07) is 13.1. The lowest BCUT2D eigenvalue weighted by atomic mass is 9.88. The lowest BCUT2D eigenvalue weighted by molar-refractivity contribution is -0.124. The molecule has 2 saturated heterocycles. The Morgan fingerprint density at radius 2 is 1.77 bits per heavy atom. The van der Waals surface area contributed by atoms with Crippen molar-refractivity contribution in [2.75, 3.05) is 23.0 Å². The van der Waals surface area contributed by atoms with Crippen LogP contribution in [0.5, 0.6) is 5.75 Å². The quantitative estimate of drug-likeness (QED) is 0.498. The van der Waals surface area contributed by atoms with Crippen molar-refractivity contribution in [2.24, 2.45) is 0 Å². The molecule has 2 aliphatic heterocycles. The highest BCUT2D eigenvalue weighted by molar-refractivity contribution is 7.81. The van der Waals surface area contributed by atoms with E-state index in [2.05, 4.69) is 4.85 Å². The van der Waals surface area contributed by atoms with Crippen molar-refractivity contribution in [3.63, 3.8) is 0 Å². The second kappa shape index (κ2) is 8.29. The molecule has 0 saturated carbocycles. The highest BCUT2D eigenvalue weighted by atomic mass is 32.1. The van der Waals surface area contributed by atoms with Gasteiger partial charge in [-0.3, -0.25) is 9.69 Å². The summed E-state index contributed by atoms with van der Waals surface area (Å²) in [6.45, 7) is 14.1. The van der Waals surface area contributed by atoms with Crippen LogP contribution < -0.4 is 14.5 Å². The molecule has 0 unspecified atom stereocenters. The van der Waals surface area contributed by atoms with Gasteiger partial charge in [0, 0.05) is 37.4 Å². The van der Waals surface area contributed by atoms with Gasteiger partial charge in [0.15, 0.2) is 10.8 Å².